The van der Waals surface area contributed by atoms with Crippen molar-refractivity contribution in [3.05, 3.63) is 156 Å². The average Bonchev–Trinajstić information content (AvgIpc) is 3.51. The van der Waals surface area contributed by atoms with Crippen LogP contribution in [0.15, 0.2) is 145 Å². The molecule has 0 radical (unpaired) electrons. The second-order valence-electron chi connectivity index (χ2n) is 15.7. The predicted molar refractivity (Wildman–Crippen MR) is 236 cm³/mol. The van der Waals surface area contributed by atoms with Crippen LogP contribution in [0.5, 0.6) is 0 Å². The van der Waals surface area contributed by atoms with Crippen LogP contribution in [0, 0.1) is 0 Å². The van der Waals surface area contributed by atoms with Crippen molar-refractivity contribution in [1.29, 1.82) is 0 Å². The second kappa shape index (κ2) is 17.3. The molecule has 6 rings (SSSR count). The minimum absolute atomic E-state index is 0.246. The van der Waals surface area contributed by atoms with E-state index in [1.165, 1.54) is 32.7 Å². The molecule has 4 aromatic carbocycles. The van der Waals surface area contributed by atoms with Crippen LogP contribution in [-0.2, 0) is 31.1 Å². The zero-order valence-electron chi connectivity index (χ0n) is 33.2. The van der Waals surface area contributed by atoms with Crippen LogP contribution < -0.4 is 4.90 Å². The van der Waals surface area contributed by atoms with Crippen molar-refractivity contribution >= 4 is 58.9 Å². The van der Waals surface area contributed by atoms with Gasteiger partial charge in [0.25, 0.3) is 20.2 Å². The number of rotatable bonds is 16. The van der Waals surface area contributed by atoms with Gasteiger partial charge in [-0.1, -0.05) is 123 Å². The molecule has 0 amide bonds. The Balaban J connectivity index is 1.14. The molecule has 0 saturated heterocycles. The standard InChI is InChI=1S/C47H52N2O6S2/c1-46(2)42(48(32-18-20-34-56(50,51)52)40-30-28-36-22-14-16-24-38(36)44(40)46)26-12-10-8-6-5-7-9-11-13-27-43-47(3,4)45-39-25-17-15-23-37(39)29-31-41(45)49(43)33-19-21-35-57(53,54)55/h5-17,22-31H,18-21,32-35H2,1-4H3,(H-,50,51,52,53,54,55)/p+1. The number of anilines is 1. The SMILES string of the molecule is CC1(C)C(/C=C/C=C/C=C/C=C/C=C/C=C2/N(CCCCS(=O)(=O)O)c3ccc4ccccc4c3C2(C)C)=[N+](CCCCS(=O)(=O)O)c2ccc3ccccc3c21. The molecule has 2 heterocycles. The van der Waals surface area contributed by atoms with Crippen LogP contribution in [0.1, 0.15) is 64.5 Å². The van der Waals surface area contributed by atoms with Gasteiger partial charge >= 0.3 is 0 Å². The third kappa shape index (κ3) is 9.64. The Morgan fingerprint density at radius 3 is 1.74 bits per heavy atom. The maximum absolute atomic E-state index is 11.3. The zero-order valence-corrected chi connectivity index (χ0v) is 34.8. The fourth-order valence-electron chi connectivity index (χ4n) is 8.40. The summed E-state index contributed by atoms with van der Waals surface area (Å²) in [5.41, 5.74) is 6.46. The van der Waals surface area contributed by atoms with Crippen LogP contribution in [0.4, 0.5) is 11.4 Å². The predicted octanol–water partition coefficient (Wildman–Crippen LogP) is 10.2. The molecule has 298 valence electrons. The van der Waals surface area contributed by atoms with E-state index in [0.717, 1.165) is 22.8 Å². The molecule has 10 heteroatoms. The van der Waals surface area contributed by atoms with Gasteiger partial charge in [0.15, 0.2) is 5.71 Å². The largest absolute Gasteiger partial charge is 0.344 e. The van der Waals surface area contributed by atoms with Gasteiger partial charge in [-0.25, -0.2) is 0 Å². The Morgan fingerprint density at radius 1 is 0.596 bits per heavy atom. The molecule has 2 aliphatic rings. The van der Waals surface area contributed by atoms with Gasteiger partial charge in [-0.15, -0.1) is 0 Å². The highest BCUT2D eigenvalue weighted by molar-refractivity contribution is 7.86. The summed E-state index contributed by atoms with van der Waals surface area (Å²) in [5.74, 6) is -0.492. The van der Waals surface area contributed by atoms with Crippen LogP contribution >= 0.6 is 0 Å². The molecule has 0 saturated carbocycles. The number of benzene rings is 4. The lowest BCUT2D eigenvalue weighted by Crippen LogP contribution is -2.28. The van der Waals surface area contributed by atoms with E-state index in [9.17, 15) is 25.9 Å². The fourth-order valence-corrected chi connectivity index (χ4v) is 9.54. The van der Waals surface area contributed by atoms with Crippen LogP contribution in [-0.4, -0.2) is 60.8 Å². The number of nitrogens with zero attached hydrogens (tertiary/aromatic N) is 2. The van der Waals surface area contributed by atoms with E-state index in [1.54, 1.807) is 0 Å². The van der Waals surface area contributed by atoms with Crippen molar-refractivity contribution in [3.63, 3.8) is 0 Å². The molecule has 0 bridgehead atoms. The van der Waals surface area contributed by atoms with Gasteiger partial charge in [0, 0.05) is 47.5 Å². The van der Waals surface area contributed by atoms with Crippen molar-refractivity contribution in [1.82, 2.24) is 0 Å². The number of unbranched alkanes of at least 4 members (excludes halogenated alkanes) is 2. The first-order valence-corrected chi connectivity index (χ1v) is 22.7. The lowest BCUT2D eigenvalue weighted by molar-refractivity contribution is -0.438. The third-order valence-corrected chi connectivity index (χ3v) is 12.6. The molecule has 2 N–H and O–H groups in total. The summed E-state index contributed by atoms with van der Waals surface area (Å²) in [4.78, 5) is 2.28. The lowest BCUT2D eigenvalue weighted by Gasteiger charge is -2.27. The van der Waals surface area contributed by atoms with Crippen LogP contribution in [0.25, 0.3) is 21.5 Å². The summed E-state index contributed by atoms with van der Waals surface area (Å²) < 4.78 is 66.2. The minimum Gasteiger partial charge on any atom is -0.344 e. The average molecular weight is 806 g/mol. The smallest absolute Gasteiger partial charge is 0.264 e. The Kier molecular flexibility index (Phi) is 12.7. The molecule has 0 spiro atoms. The Morgan fingerprint density at radius 2 is 1.12 bits per heavy atom. The highest BCUT2D eigenvalue weighted by Gasteiger charge is 2.45. The van der Waals surface area contributed by atoms with E-state index in [0.29, 0.717) is 38.8 Å². The second-order valence-corrected chi connectivity index (χ2v) is 18.9. The first kappa shape index (κ1) is 41.8. The summed E-state index contributed by atoms with van der Waals surface area (Å²) in [6.07, 6.45) is 24.2. The maximum Gasteiger partial charge on any atom is 0.264 e. The number of hydrogen-bond donors (Lipinski definition) is 2. The zero-order chi connectivity index (χ0) is 40.8. The number of fused-ring (bicyclic) bond motifs is 6. The van der Waals surface area contributed by atoms with Gasteiger partial charge in [-0.3, -0.25) is 9.11 Å². The van der Waals surface area contributed by atoms with E-state index >= 15 is 0 Å². The molecular formula is C47H53N2O6S2+. The molecule has 2 aliphatic heterocycles. The Hall–Kier alpha value is -4.87. The summed E-state index contributed by atoms with van der Waals surface area (Å²) in [7, 11) is -8.00. The molecule has 8 nitrogen and oxygen atoms in total. The number of hydrogen-bond acceptors (Lipinski definition) is 5. The van der Waals surface area contributed by atoms with Gasteiger partial charge in [0.05, 0.1) is 16.9 Å². The third-order valence-electron chi connectivity index (χ3n) is 11.0. The maximum atomic E-state index is 11.3. The van der Waals surface area contributed by atoms with Gasteiger partial charge in [-0.05, 0) is 78.4 Å². The van der Waals surface area contributed by atoms with Crippen molar-refractivity contribution in [3.8, 4) is 0 Å². The molecule has 57 heavy (non-hydrogen) atoms. The molecule has 0 unspecified atom stereocenters. The number of allylic oxidation sites excluding steroid dienone is 12. The monoisotopic (exact) mass is 805 g/mol. The first-order chi connectivity index (χ1) is 27.1. The Bertz CT molecular complexity index is 2590. The molecule has 0 aromatic heterocycles. The summed E-state index contributed by atoms with van der Waals surface area (Å²) in [5, 5.41) is 4.78. The Labute approximate surface area is 338 Å². The highest BCUT2D eigenvalue weighted by atomic mass is 32.2. The van der Waals surface area contributed by atoms with Crippen molar-refractivity contribution in [2.45, 2.75) is 64.2 Å². The normalized spacial score (nSPS) is 17.6. The van der Waals surface area contributed by atoms with Gasteiger partial charge in [-0.2, -0.15) is 21.4 Å². The molecule has 0 fully saturated rings. The summed E-state index contributed by atoms with van der Waals surface area (Å²) in [6, 6.07) is 25.4. The van der Waals surface area contributed by atoms with Crippen LogP contribution in [0.3, 0.4) is 0 Å². The molecule has 0 atom stereocenters. The van der Waals surface area contributed by atoms with E-state index in [2.05, 4.69) is 110 Å². The lowest BCUT2D eigenvalue weighted by atomic mass is 9.79. The summed E-state index contributed by atoms with van der Waals surface area (Å²) >= 11 is 0. The van der Waals surface area contributed by atoms with E-state index in [4.69, 9.17) is 0 Å². The topological polar surface area (TPSA) is 115 Å². The van der Waals surface area contributed by atoms with Gasteiger partial charge in [0.2, 0.25) is 5.69 Å². The van der Waals surface area contributed by atoms with Crippen LogP contribution in [0.2, 0.25) is 0 Å². The summed E-state index contributed by atoms with van der Waals surface area (Å²) in [6.45, 7) is 10.2. The molecule has 4 aromatic rings. The highest BCUT2D eigenvalue weighted by Crippen LogP contribution is 2.51. The van der Waals surface area contributed by atoms with E-state index in [-0.39, 0.29) is 22.3 Å². The van der Waals surface area contributed by atoms with E-state index in [1.807, 2.05) is 66.8 Å². The van der Waals surface area contributed by atoms with Crippen molar-refractivity contribution in [2.75, 3.05) is 29.5 Å². The quantitative estimate of drug-likeness (QED) is 0.0502. The first-order valence-electron chi connectivity index (χ1n) is 19.5. The van der Waals surface area contributed by atoms with E-state index < -0.39 is 20.2 Å². The molecular weight excluding hydrogens is 753 g/mol. The minimum atomic E-state index is -4.00. The van der Waals surface area contributed by atoms with Gasteiger partial charge < -0.3 is 4.90 Å². The fraction of sp³-hybridized carbons (Fsp3) is 0.298. The molecule has 0 aliphatic carbocycles. The van der Waals surface area contributed by atoms with Crippen molar-refractivity contribution < 1.29 is 30.5 Å². The van der Waals surface area contributed by atoms with Crippen molar-refractivity contribution in [2.24, 2.45) is 0 Å². The van der Waals surface area contributed by atoms with Gasteiger partial charge in [0.1, 0.15) is 6.54 Å².